The molecule has 0 radical (unpaired) electrons. The lowest BCUT2D eigenvalue weighted by Crippen LogP contribution is -2.82. The molecule has 1 aliphatic heterocycles. The molecule has 3 fully saturated rings. The molecular weight excluding hydrogens is 787 g/mol. The van der Waals surface area contributed by atoms with Crippen LogP contribution in [0.5, 0.6) is 0 Å². The fourth-order valence-electron chi connectivity index (χ4n) is 10.2. The highest BCUT2D eigenvalue weighted by Crippen LogP contribution is 2.64. The van der Waals surface area contributed by atoms with E-state index in [0.29, 0.717) is 16.7 Å². The van der Waals surface area contributed by atoms with Gasteiger partial charge < -0.3 is 39.2 Å². The molecule has 4 N–H and O–H groups in total. The van der Waals surface area contributed by atoms with Crippen molar-refractivity contribution in [2.75, 3.05) is 6.61 Å². The predicted octanol–water partition coefficient (Wildman–Crippen LogP) is 4.50. The number of ketones is 1. The Morgan fingerprint density at radius 2 is 1.44 bits per heavy atom. The standard InChI is InChI=1S/C47H51NO13/c1-26-33(59-36(52)22-32(29-16-10-7-11-17-29)48-42(54)30-18-12-8-13-19-30)24-47(56)41(60-43(55)31-20-14-9-15-21-31)39-45(6,34(51)23-35-46(39,25-57-35)61-28(3)50)40(53)38(58-27(2)49)37(26)44(47,4)5/h7-21,32-35,38-39,41,51,56H,22-25H2,1-6H3,(H,48,54)/p+1/t32-,33+,34+,35-,38-,39+,41+,45-,46+,47-/m1/s1. The summed E-state index contributed by atoms with van der Waals surface area (Å²) in [5, 5.41) is 25.7. The van der Waals surface area contributed by atoms with E-state index in [1.807, 2.05) is 0 Å². The number of benzene rings is 3. The van der Waals surface area contributed by atoms with Crippen LogP contribution in [0.25, 0.3) is 0 Å². The molecule has 322 valence electrons. The van der Waals surface area contributed by atoms with E-state index < -0.39 is 100 Å². The van der Waals surface area contributed by atoms with E-state index in [1.54, 1.807) is 99.6 Å². The first-order valence-electron chi connectivity index (χ1n) is 20.4. The molecule has 10 atom stereocenters. The molecular formula is C47H52NO13+. The summed E-state index contributed by atoms with van der Waals surface area (Å²) in [6.07, 6.45) is -7.88. The third kappa shape index (κ3) is 7.44. The molecule has 3 aliphatic carbocycles. The Bertz CT molecular complexity index is 2240. The molecule has 14 heteroatoms. The first-order chi connectivity index (χ1) is 28.8. The van der Waals surface area contributed by atoms with E-state index >= 15 is 4.79 Å². The molecule has 1 heterocycles. The fraction of sp³-hybridized carbons (Fsp3) is 0.447. The van der Waals surface area contributed by atoms with E-state index in [0.717, 1.165) is 6.92 Å². The molecule has 1 amide bonds. The number of carbonyl (C=O) groups is 6. The van der Waals surface area contributed by atoms with Gasteiger partial charge in [-0.25, -0.2) is 4.79 Å². The van der Waals surface area contributed by atoms with Gasteiger partial charge in [-0.15, -0.1) is 0 Å². The number of carbonyl (C=O) groups excluding carboxylic acids is 6. The van der Waals surface area contributed by atoms with Gasteiger partial charge >= 0.3 is 23.9 Å². The number of hydrogen-bond acceptors (Lipinski definition) is 12. The highest BCUT2D eigenvalue weighted by molar-refractivity contribution is 5.96. The zero-order valence-electron chi connectivity index (χ0n) is 35.0. The summed E-state index contributed by atoms with van der Waals surface area (Å²) in [5.41, 5.74) is -5.58. The summed E-state index contributed by atoms with van der Waals surface area (Å²) in [4.78, 5) is 83.4. The lowest BCUT2D eigenvalue weighted by Gasteiger charge is -2.66. The van der Waals surface area contributed by atoms with Crippen LogP contribution in [0.15, 0.2) is 102 Å². The maximum atomic E-state index is 15.5. The summed E-state index contributed by atoms with van der Waals surface area (Å²) in [6.45, 7) is 8.51. The molecule has 2 bridgehead atoms. The topological polar surface area (TPSA) is 204 Å². The highest BCUT2D eigenvalue weighted by Gasteiger charge is 2.80. The molecule has 4 aliphatic rings. The van der Waals surface area contributed by atoms with Gasteiger partial charge in [0.2, 0.25) is 5.60 Å². The van der Waals surface area contributed by atoms with Crippen molar-refractivity contribution >= 4 is 35.6 Å². The minimum atomic E-state index is -2.05. The van der Waals surface area contributed by atoms with Gasteiger partial charge in [0, 0.05) is 25.8 Å². The Balaban J connectivity index is 1.37. The van der Waals surface area contributed by atoms with Crippen LogP contribution in [0.1, 0.15) is 93.1 Å². The third-order valence-electron chi connectivity index (χ3n) is 13.4. The SMILES string of the molecule is CC(=O)O[C@H]1C(=O)[C@@]2(C)[C@H]([C@H](OC(=O)c3ccccc3)[C@]3([OH2+])C[C@H](OC(=O)C[C@@H](NC(=O)c4ccccc4)c4ccccc4)C(C)=C1C3(C)C)[C@]1(OC(C)=O)CO[C@@H]1C[C@@H]2O. The number of esters is 4. The zero-order chi connectivity index (χ0) is 44.1. The number of nitrogens with one attached hydrogen (secondary N) is 1. The van der Waals surface area contributed by atoms with Crippen molar-refractivity contribution in [2.45, 2.75) is 109 Å². The number of amides is 1. The van der Waals surface area contributed by atoms with Crippen LogP contribution in [0, 0.1) is 16.7 Å². The molecule has 61 heavy (non-hydrogen) atoms. The summed E-state index contributed by atoms with van der Waals surface area (Å²) < 4.78 is 30.7. The van der Waals surface area contributed by atoms with Crippen molar-refractivity contribution in [1.29, 1.82) is 0 Å². The summed E-state index contributed by atoms with van der Waals surface area (Å²) in [5.74, 6) is -5.81. The van der Waals surface area contributed by atoms with E-state index in [-0.39, 0.29) is 37.0 Å². The van der Waals surface area contributed by atoms with E-state index in [9.17, 15) is 34.2 Å². The van der Waals surface area contributed by atoms with Crippen LogP contribution in [0.2, 0.25) is 0 Å². The molecule has 14 nitrogen and oxygen atoms in total. The minimum absolute atomic E-state index is 0.131. The second kappa shape index (κ2) is 16.3. The third-order valence-corrected chi connectivity index (χ3v) is 13.4. The molecule has 1 saturated heterocycles. The van der Waals surface area contributed by atoms with Crippen LogP contribution >= 0.6 is 0 Å². The number of aliphatic hydroxyl groups is 1. The lowest BCUT2D eigenvalue weighted by molar-refractivity contribution is -0.346. The zero-order valence-corrected chi connectivity index (χ0v) is 35.0. The van der Waals surface area contributed by atoms with Gasteiger partial charge in [0.25, 0.3) is 5.91 Å². The lowest BCUT2D eigenvalue weighted by atomic mass is 9.44. The smallest absolute Gasteiger partial charge is 0.338 e. The molecule has 3 aromatic carbocycles. The summed E-state index contributed by atoms with van der Waals surface area (Å²) >= 11 is 0. The van der Waals surface area contributed by atoms with Crippen LogP contribution in [0.4, 0.5) is 0 Å². The first kappa shape index (κ1) is 43.4. The van der Waals surface area contributed by atoms with Crippen LogP contribution < -0.4 is 5.32 Å². The fourth-order valence-corrected chi connectivity index (χ4v) is 10.2. The van der Waals surface area contributed by atoms with Gasteiger partial charge in [-0.1, -0.05) is 66.7 Å². The van der Waals surface area contributed by atoms with Gasteiger partial charge in [-0.05, 0) is 68.7 Å². The number of hydrogen-bond donors (Lipinski definition) is 2. The monoisotopic (exact) mass is 838 g/mol. The highest BCUT2D eigenvalue weighted by atomic mass is 16.6. The Morgan fingerprint density at radius 3 is 2.00 bits per heavy atom. The van der Waals surface area contributed by atoms with Gasteiger partial charge in [0.1, 0.15) is 12.2 Å². The minimum Gasteiger partial charge on any atom is -0.457 e. The Kier molecular flexibility index (Phi) is 11.6. The molecule has 3 aromatic rings. The van der Waals surface area contributed by atoms with Gasteiger partial charge in [0.05, 0.1) is 53.9 Å². The van der Waals surface area contributed by atoms with E-state index in [2.05, 4.69) is 5.32 Å². The van der Waals surface area contributed by atoms with E-state index in [4.69, 9.17) is 23.7 Å². The van der Waals surface area contributed by atoms with Crippen molar-refractivity contribution in [3.05, 3.63) is 119 Å². The van der Waals surface area contributed by atoms with Crippen molar-refractivity contribution in [3.63, 3.8) is 0 Å². The maximum absolute atomic E-state index is 15.5. The second-order valence-corrected chi connectivity index (χ2v) is 17.3. The van der Waals surface area contributed by atoms with Crippen molar-refractivity contribution in [1.82, 2.24) is 5.32 Å². The van der Waals surface area contributed by atoms with Crippen LogP contribution in [0.3, 0.4) is 0 Å². The number of ether oxygens (including phenoxy) is 5. The average molecular weight is 839 g/mol. The molecule has 0 aromatic heterocycles. The Labute approximate surface area is 353 Å². The molecule has 2 saturated carbocycles. The summed E-state index contributed by atoms with van der Waals surface area (Å²) in [7, 11) is 0. The normalized spacial score (nSPS) is 31.6. The Hall–Kier alpha value is -5.70. The number of Topliss-reactive ketones (excluding diaryl/α,β-unsaturated/α-hetero) is 1. The number of fused-ring (bicyclic) bond motifs is 5. The van der Waals surface area contributed by atoms with E-state index in [1.165, 1.54) is 26.0 Å². The van der Waals surface area contributed by atoms with Crippen LogP contribution in [-0.2, 0) is 42.9 Å². The van der Waals surface area contributed by atoms with Crippen molar-refractivity contribution in [3.8, 4) is 0 Å². The van der Waals surface area contributed by atoms with Crippen molar-refractivity contribution in [2.24, 2.45) is 16.7 Å². The number of aliphatic hydroxyl groups excluding tert-OH is 1. The largest absolute Gasteiger partial charge is 0.457 e. The maximum Gasteiger partial charge on any atom is 0.338 e. The second-order valence-electron chi connectivity index (χ2n) is 17.3. The molecule has 0 unspecified atom stereocenters. The number of rotatable bonds is 10. The van der Waals surface area contributed by atoms with Gasteiger partial charge in [-0.3, -0.25) is 24.0 Å². The quantitative estimate of drug-likeness (QED) is 0.126. The average Bonchev–Trinajstić information content (AvgIpc) is 3.22. The van der Waals surface area contributed by atoms with Gasteiger partial charge in [-0.2, -0.15) is 0 Å². The van der Waals surface area contributed by atoms with Crippen LogP contribution in [-0.4, -0.2) is 94.1 Å². The molecule has 7 rings (SSSR count). The van der Waals surface area contributed by atoms with Crippen molar-refractivity contribution < 1.29 is 62.7 Å². The summed E-state index contributed by atoms with van der Waals surface area (Å²) in [6, 6.07) is 24.6. The molecule has 0 spiro atoms. The Morgan fingerprint density at radius 1 is 0.852 bits per heavy atom. The predicted molar refractivity (Wildman–Crippen MR) is 218 cm³/mol. The van der Waals surface area contributed by atoms with Gasteiger partial charge in [0.15, 0.2) is 23.6 Å². The first-order valence-corrected chi connectivity index (χ1v) is 20.4.